The molecule has 1 spiro atoms. The number of carbonyl (C=O) groups excluding carboxylic acids is 4. The number of hydrogen-bond donors (Lipinski definition) is 2. The Labute approximate surface area is 226 Å². The monoisotopic (exact) mass is 551 g/mol. The highest BCUT2D eigenvalue weighted by Gasteiger charge is 2.83. The lowest BCUT2D eigenvalue weighted by atomic mass is 9.75. The van der Waals surface area contributed by atoms with Crippen LogP contribution in [0.25, 0.3) is 0 Å². The molecule has 2 aliphatic heterocycles. The quantitative estimate of drug-likeness (QED) is 0.362. The number of ether oxygens (including phenoxy) is 2. The molecule has 3 aromatic carbocycles. The number of rotatable bonds is 4. The topological polar surface area (TPSA) is 119 Å². The molecule has 0 saturated carbocycles. The Morgan fingerprint density at radius 1 is 0.974 bits per heavy atom. The van der Waals surface area contributed by atoms with Gasteiger partial charge in [-0.05, 0) is 48.9 Å². The number of nitrogens with one attached hydrogen (secondary N) is 1. The third kappa shape index (κ3) is 3.24. The number of halogens is 2. The van der Waals surface area contributed by atoms with Crippen LogP contribution in [-0.4, -0.2) is 34.2 Å². The first kappa shape index (κ1) is 24.8. The molecule has 10 heteroatoms. The molecule has 2 N–H and O–H groups in total. The molecule has 2 heterocycles. The summed E-state index contributed by atoms with van der Waals surface area (Å²) in [7, 11) is 0. The zero-order valence-corrected chi connectivity index (χ0v) is 21.2. The zero-order chi connectivity index (χ0) is 27.0. The average molecular weight is 552 g/mol. The number of carbonyl (C=O) groups is 4. The highest BCUT2D eigenvalue weighted by Crippen LogP contribution is 2.65. The fourth-order valence-corrected chi connectivity index (χ4v) is 6.02. The molecule has 1 aliphatic carbocycles. The van der Waals surface area contributed by atoms with Gasteiger partial charge in [0.15, 0.2) is 5.78 Å². The minimum absolute atomic E-state index is 0.0922. The number of fused-ring (bicyclic) bond motifs is 2. The fourth-order valence-electron chi connectivity index (χ4n) is 5.71. The molecular weight excluding hydrogens is 533 g/mol. The third-order valence-electron chi connectivity index (χ3n) is 7.45. The Bertz CT molecular complexity index is 1560. The van der Waals surface area contributed by atoms with Crippen LogP contribution >= 0.6 is 23.2 Å². The van der Waals surface area contributed by atoms with Gasteiger partial charge in [-0.1, -0.05) is 53.5 Å². The Hall–Kier alpha value is -3.56. The summed E-state index contributed by atoms with van der Waals surface area (Å²) in [5, 5.41) is 14.9. The van der Waals surface area contributed by atoms with Gasteiger partial charge in [-0.15, -0.1) is 0 Å². The van der Waals surface area contributed by atoms with E-state index in [0.29, 0.717) is 16.8 Å². The van der Waals surface area contributed by atoms with Crippen LogP contribution in [0, 0.1) is 11.8 Å². The number of Topliss-reactive ketones (excluding diaryl/α,β-unsaturated/α-hetero) is 2. The predicted molar refractivity (Wildman–Crippen MR) is 136 cm³/mol. The summed E-state index contributed by atoms with van der Waals surface area (Å²) in [5.74, 6) is -7.57. The molecule has 8 nitrogen and oxygen atoms in total. The summed E-state index contributed by atoms with van der Waals surface area (Å²) in [5.41, 5.74) is -0.759. The lowest BCUT2D eigenvalue weighted by molar-refractivity contribution is -0.253. The van der Waals surface area contributed by atoms with Crippen molar-refractivity contribution in [3.63, 3.8) is 0 Å². The second-order valence-corrected chi connectivity index (χ2v) is 10.3. The van der Waals surface area contributed by atoms with E-state index in [1.165, 1.54) is 31.2 Å². The second kappa shape index (κ2) is 8.47. The van der Waals surface area contributed by atoms with Crippen LogP contribution in [0.3, 0.4) is 0 Å². The number of amides is 1. The molecule has 0 radical (unpaired) electrons. The standard InChI is InChI=1S/C28H19Cl2NO7/c1-13(32)14-6-9-16(10-7-14)31-25(34)21-22-26(35)38-28(36)18-5-3-2-4-17(18)24(33)27(22,28)37-23(21)15-8-11-19(29)20(30)12-15/h2-12,21-23,36H,1H3,(H,31,34). The molecule has 1 amide bonds. The van der Waals surface area contributed by atoms with Gasteiger partial charge < -0.3 is 19.9 Å². The van der Waals surface area contributed by atoms with Crippen LogP contribution in [0.1, 0.15) is 44.9 Å². The van der Waals surface area contributed by atoms with E-state index in [2.05, 4.69) is 5.32 Å². The van der Waals surface area contributed by atoms with Crippen LogP contribution in [0.2, 0.25) is 10.0 Å². The van der Waals surface area contributed by atoms with Crippen LogP contribution in [0.5, 0.6) is 0 Å². The van der Waals surface area contributed by atoms with Crippen molar-refractivity contribution in [2.45, 2.75) is 24.4 Å². The summed E-state index contributed by atoms with van der Waals surface area (Å²) in [6, 6.07) is 17.0. The average Bonchev–Trinajstić information content (AvgIpc) is 3.43. The van der Waals surface area contributed by atoms with Gasteiger partial charge in [0.1, 0.15) is 5.92 Å². The fraction of sp³-hybridized carbons (Fsp3) is 0.214. The van der Waals surface area contributed by atoms with E-state index in [1.54, 1.807) is 42.5 Å². The Balaban J connectivity index is 1.47. The molecule has 192 valence electrons. The normalized spacial score (nSPS) is 28.9. The van der Waals surface area contributed by atoms with Gasteiger partial charge in [0.2, 0.25) is 17.3 Å². The second-order valence-electron chi connectivity index (χ2n) is 9.51. The molecule has 5 atom stereocenters. The highest BCUT2D eigenvalue weighted by molar-refractivity contribution is 6.42. The molecular formula is C28H19Cl2NO7. The maximum Gasteiger partial charge on any atom is 0.316 e. The Morgan fingerprint density at radius 2 is 1.68 bits per heavy atom. The molecule has 0 aromatic heterocycles. The first-order valence-corrected chi connectivity index (χ1v) is 12.5. The summed E-state index contributed by atoms with van der Waals surface area (Å²) < 4.78 is 11.7. The number of anilines is 1. The maximum atomic E-state index is 13.8. The number of benzene rings is 3. The summed E-state index contributed by atoms with van der Waals surface area (Å²) >= 11 is 12.4. The Morgan fingerprint density at radius 3 is 2.37 bits per heavy atom. The smallest absolute Gasteiger partial charge is 0.316 e. The van der Waals surface area contributed by atoms with Crippen molar-refractivity contribution >= 4 is 52.3 Å². The maximum absolute atomic E-state index is 13.8. The van der Waals surface area contributed by atoms with Crippen molar-refractivity contribution in [2.75, 3.05) is 5.32 Å². The van der Waals surface area contributed by atoms with E-state index in [9.17, 15) is 24.3 Å². The first-order chi connectivity index (χ1) is 18.1. The van der Waals surface area contributed by atoms with E-state index in [0.717, 1.165) is 0 Å². The number of aliphatic hydroxyl groups is 1. The Kier molecular flexibility index (Phi) is 5.52. The van der Waals surface area contributed by atoms with Crippen molar-refractivity contribution in [3.05, 3.63) is 99.0 Å². The van der Waals surface area contributed by atoms with Crippen LogP contribution < -0.4 is 5.32 Å². The van der Waals surface area contributed by atoms with Gasteiger partial charge in [0.25, 0.3) is 5.79 Å². The SMILES string of the molecule is CC(=O)c1ccc(NC(=O)C2C(c3ccc(Cl)c(Cl)c3)OC34C(=O)c5ccccc5C3(O)OC(=O)C24)cc1. The summed E-state index contributed by atoms with van der Waals surface area (Å²) in [6.45, 7) is 1.42. The largest absolute Gasteiger partial charge is 0.425 e. The molecule has 3 aliphatic rings. The minimum atomic E-state index is -2.42. The van der Waals surface area contributed by atoms with E-state index >= 15 is 0 Å². The number of esters is 1. The molecule has 5 unspecified atom stereocenters. The highest BCUT2D eigenvalue weighted by atomic mass is 35.5. The third-order valence-corrected chi connectivity index (χ3v) is 8.19. The van der Waals surface area contributed by atoms with Gasteiger partial charge in [0, 0.05) is 22.4 Å². The van der Waals surface area contributed by atoms with Gasteiger partial charge in [-0.3, -0.25) is 19.2 Å². The first-order valence-electron chi connectivity index (χ1n) is 11.7. The summed E-state index contributed by atoms with van der Waals surface area (Å²) in [6.07, 6.45) is -1.16. The van der Waals surface area contributed by atoms with Crippen molar-refractivity contribution in [2.24, 2.45) is 11.8 Å². The van der Waals surface area contributed by atoms with Gasteiger partial charge in [-0.25, -0.2) is 0 Å². The van der Waals surface area contributed by atoms with E-state index in [1.807, 2.05) is 0 Å². The molecule has 6 rings (SSSR count). The molecule has 0 bridgehead atoms. The van der Waals surface area contributed by atoms with Crippen molar-refractivity contribution in [1.29, 1.82) is 0 Å². The van der Waals surface area contributed by atoms with E-state index in [4.69, 9.17) is 32.7 Å². The van der Waals surface area contributed by atoms with Crippen LogP contribution in [-0.2, 0) is 24.8 Å². The lowest BCUT2D eigenvalue weighted by Crippen LogP contribution is -2.53. The van der Waals surface area contributed by atoms with E-state index < -0.39 is 47.0 Å². The van der Waals surface area contributed by atoms with Crippen molar-refractivity contribution < 1.29 is 33.8 Å². The predicted octanol–water partition coefficient (Wildman–Crippen LogP) is 4.48. The van der Waals surface area contributed by atoms with Gasteiger partial charge in [0.05, 0.1) is 22.1 Å². The van der Waals surface area contributed by atoms with Crippen LogP contribution in [0.15, 0.2) is 66.7 Å². The minimum Gasteiger partial charge on any atom is -0.425 e. The van der Waals surface area contributed by atoms with E-state index in [-0.39, 0.29) is 27.0 Å². The summed E-state index contributed by atoms with van der Waals surface area (Å²) in [4.78, 5) is 52.6. The molecule has 38 heavy (non-hydrogen) atoms. The van der Waals surface area contributed by atoms with Gasteiger partial charge in [-0.2, -0.15) is 0 Å². The molecule has 2 saturated heterocycles. The molecule has 3 aromatic rings. The lowest BCUT2D eigenvalue weighted by Gasteiger charge is -2.31. The number of hydrogen-bond acceptors (Lipinski definition) is 7. The van der Waals surface area contributed by atoms with Crippen molar-refractivity contribution in [3.8, 4) is 0 Å². The van der Waals surface area contributed by atoms with Crippen molar-refractivity contribution in [1.82, 2.24) is 0 Å². The number of ketones is 2. The van der Waals surface area contributed by atoms with Crippen LogP contribution in [0.4, 0.5) is 5.69 Å². The van der Waals surface area contributed by atoms with Gasteiger partial charge >= 0.3 is 5.97 Å². The molecule has 2 fully saturated rings. The zero-order valence-electron chi connectivity index (χ0n) is 19.7.